The van der Waals surface area contributed by atoms with Gasteiger partial charge in [0, 0.05) is 23.1 Å². The van der Waals surface area contributed by atoms with Crippen LogP contribution < -0.4 is 4.74 Å². The summed E-state index contributed by atoms with van der Waals surface area (Å²) in [4.78, 5) is 7.86. The van der Waals surface area contributed by atoms with Crippen molar-refractivity contribution < 1.29 is 4.74 Å². The Bertz CT molecular complexity index is 1280. The summed E-state index contributed by atoms with van der Waals surface area (Å²) in [5.74, 6) is 1.39. The summed E-state index contributed by atoms with van der Waals surface area (Å²) < 4.78 is 7.52. The maximum Gasteiger partial charge on any atom is 0.149 e. The van der Waals surface area contributed by atoms with E-state index in [1.165, 1.54) is 0 Å². The zero-order valence-corrected chi connectivity index (χ0v) is 16.9. The number of methoxy groups -OCH3 is 1. The normalized spacial score (nSPS) is 11.6. The molecule has 0 spiro atoms. The van der Waals surface area contributed by atoms with Crippen molar-refractivity contribution in [3.05, 3.63) is 76.9 Å². The van der Waals surface area contributed by atoms with E-state index in [0.29, 0.717) is 11.4 Å². The monoisotopic (exact) mass is 382 g/mol. The maximum absolute atomic E-state index is 9.77. The van der Waals surface area contributed by atoms with Crippen LogP contribution in [-0.2, 0) is 0 Å². The van der Waals surface area contributed by atoms with E-state index in [1.807, 2.05) is 55.5 Å². The zero-order chi connectivity index (χ0) is 20.5. The van der Waals surface area contributed by atoms with Crippen molar-refractivity contribution in [3.8, 4) is 17.5 Å². The van der Waals surface area contributed by atoms with E-state index in [0.717, 1.165) is 45.0 Å². The molecule has 0 radical (unpaired) electrons. The third-order valence-electron chi connectivity index (χ3n) is 5.09. The number of aromatic amines is 1. The first-order chi connectivity index (χ1) is 14.0. The van der Waals surface area contributed by atoms with Gasteiger partial charge in [0.15, 0.2) is 0 Å². The van der Waals surface area contributed by atoms with Crippen LogP contribution in [0.15, 0.2) is 48.5 Å². The molecular formula is C24H22N4O. The van der Waals surface area contributed by atoms with E-state index in [-0.39, 0.29) is 0 Å². The number of H-pyrrole nitrogens is 1. The highest BCUT2D eigenvalue weighted by molar-refractivity contribution is 5.91. The lowest BCUT2D eigenvalue weighted by Crippen LogP contribution is -1.99. The number of ether oxygens (including phenoxy) is 1. The number of aromatic nitrogens is 3. The largest absolute Gasteiger partial charge is 0.497 e. The first-order valence-corrected chi connectivity index (χ1v) is 9.42. The SMILES string of the molecule is COc1cccc(-n2c(C)cc(C=C(C#N)c3nc4ccc(C)cc4[nH]3)c2C)c1. The number of fused-ring (bicyclic) bond motifs is 1. The molecule has 0 unspecified atom stereocenters. The van der Waals surface area contributed by atoms with Crippen LogP contribution in [0, 0.1) is 32.1 Å². The second-order valence-electron chi connectivity index (χ2n) is 7.14. The van der Waals surface area contributed by atoms with Gasteiger partial charge in [0.1, 0.15) is 17.6 Å². The van der Waals surface area contributed by atoms with E-state index in [1.54, 1.807) is 7.11 Å². The average molecular weight is 382 g/mol. The van der Waals surface area contributed by atoms with Crippen molar-refractivity contribution in [1.82, 2.24) is 14.5 Å². The van der Waals surface area contributed by atoms with Gasteiger partial charge in [-0.25, -0.2) is 4.98 Å². The Morgan fingerprint density at radius 1 is 1.14 bits per heavy atom. The highest BCUT2D eigenvalue weighted by atomic mass is 16.5. The molecule has 0 aliphatic carbocycles. The minimum Gasteiger partial charge on any atom is -0.497 e. The van der Waals surface area contributed by atoms with Crippen molar-refractivity contribution in [3.63, 3.8) is 0 Å². The molecule has 0 bridgehead atoms. The molecule has 1 N–H and O–H groups in total. The van der Waals surface area contributed by atoms with Crippen LogP contribution >= 0.6 is 0 Å². The summed E-state index contributed by atoms with van der Waals surface area (Å²) in [5.41, 5.74) is 7.59. The van der Waals surface area contributed by atoms with Gasteiger partial charge >= 0.3 is 0 Å². The molecule has 29 heavy (non-hydrogen) atoms. The summed E-state index contributed by atoms with van der Waals surface area (Å²) in [6.45, 7) is 6.14. The van der Waals surface area contributed by atoms with Crippen molar-refractivity contribution in [2.45, 2.75) is 20.8 Å². The molecule has 0 aliphatic rings. The minimum atomic E-state index is 0.504. The Morgan fingerprint density at radius 3 is 2.72 bits per heavy atom. The Kier molecular flexibility index (Phi) is 4.69. The second-order valence-corrected chi connectivity index (χ2v) is 7.14. The number of allylic oxidation sites excluding steroid dienone is 1. The quantitative estimate of drug-likeness (QED) is 0.484. The predicted molar refractivity (Wildman–Crippen MR) is 116 cm³/mol. The standard InChI is InChI=1S/C24H22N4O/c1-15-8-9-22-23(10-15)27-24(26-22)19(14-25)12-18-11-16(2)28(17(18)3)20-6-5-7-21(13-20)29-4/h5-13H,1-4H3,(H,26,27). The molecule has 2 aromatic heterocycles. The molecule has 4 rings (SSSR count). The minimum absolute atomic E-state index is 0.504. The molecule has 0 aliphatic heterocycles. The van der Waals surface area contributed by atoms with Crippen LogP contribution in [0.4, 0.5) is 0 Å². The van der Waals surface area contributed by atoms with Gasteiger partial charge in [0.2, 0.25) is 0 Å². The summed E-state index contributed by atoms with van der Waals surface area (Å²) in [5, 5.41) is 9.77. The van der Waals surface area contributed by atoms with Gasteiger partial charge in [-0.2, -0.15) is 5.26 Å². The van der Waals surface area contributed by atoms with Gasteiger partial charge in [-0.3, -0.25) is 0 Å². The van der Waals surface area contributed by atoms with Crippen molar-refractivity contribution in [2.75, 3.05) is 7.11 Å². The lowest BCUT2D eigenvalue weighted by molar-refractivity contribution is 0.414. The van der Waals surface area contributed by atoms with E-state index in [4.69, 9.17) is 4.74 Å². The summed E-state index contributed by atoms with van der Waals surface area (Å²) in [6.07, 6.45) is 1.89. The van der Waals surface area contributed by atoms with Crippen LogP contribution in [0.25, 0.3) is 28.4 Å². The van der Waals surface area contributed by atoms with Gasteiger partial charge in [-0.05, 0) is 68.3 Å². The first kappa shape index (κ1) is 18.6. The highest BCUT2D eigenvalue weighted by Gasteiger charge is 2.13. The lowest BCUT2D eigenvalue weighted by atomic mass is 10.1. The fourth-order valence-corrected chi connectivity index (χ4v) is 3.64. The number of imidazole rings is 1. The molecule has 2 aromatic carbocycles. The van der Waals surface area contributed by atoms with Gasteiger partial charge in [-0.15, -0.1) is 0 Å². The molecule has 144 valence electrons. The summed E-state index contributed by atoms with van der Waals surface area (Å²) >= 11 is 0. The Morgan fingerprint density at radius 2 is 1.97 bits per heavy atom. The fourth-order valence-electron chi connectivity index (χ4n) is 3.64. The molecule has 5 heteroatoms. The third kappa shape index (κ3) is 3.41. The molecule has 0 saturated heterocycles. The zero-order valence-electron chi connectivity index (χ0n) is 16.9. The van der Waals surface area contributed by atoms with Crippen molar-refractivity contribution >= 4 is 22.7 Å². The van der Waals surface area contributed by atoms with Gasteiger partial charge in [-0.1, -0.05) is 12.1 Å². The highest BCUT2D eigenvalue weighted by Crippen LogP contribution is 2.27. The van der Waals surface area contributed by atoms with E-state index in [2.05, 4.69) is 40.5 Å². The molecule has 0 saturated carbocycles. The number of nitrogens with one attached hydrogen (secondary N) is 1. The number of aryl methyl sites for hydroxylation is 2. The molecule has 0 atom stereocenters. The molecule has 5 nitrogen and oxygen atoms in total. The number of nitriles is 1. The van der Waals surface area contributed by atoms with E-state index in [9.17, 15) is 5.26 Å². The van der Waals surface area contributed by atoms with Crippen molar-refractivity contribution in [1.29, 1.82) is 5.26 Å². The van der Waals surface area contributed by atoms with Crippen molar-refractivity contribution in [2.24, 2.45) is 0 Å². The number of benzene rings is 2. The Hall–Kier alpha value is -3.78. The average Bonchev–Trinajstić information content (AvgIpc) is 3.25. The van der Waals surface area contributed by atoms with Gasteiger partial charge in [0.25, 0.3) is 0 Å². The van der Waals surface area contributed by atoms with Crippen LogP contribution in [0.2, 0.25) is 0 Å². The summed E-state index contributed by atoms with van der Waals surface area (Å²) in [6, 6.07) is 18.3. The van der Waals surface area contributed by atoms with Gasteiger partial charge < -0.3 is 14.3 Å². The van der Waals surface area contributed by atoms with Crippen LogP contribution in [0.1, 0.15) is 28.3 Å². The van der Waals surface area contributed by atoms with E-state index >= 15 is 0 Å². The molecule has 0 fully saturated rings. The lowest BCUT2D eigenvalue weighted by Gasteiger charge is -2.11. The second kappa shape index (κ2) is 7.33. The smallest absolute Gasteiger partial charge is 0.149 e. The topological polar surface area (TPSA) is 66.6 Å². The number of rotatable bonds is 4. The van der Waals surface area contributed by atoms with Crippen LogP contribution in [0.3, 0.4) is 0 Å². The molecule has 4 aromatic rings. The number of nitrogens with zero attached hydrogens (tertiary/aromatic N) is 3. The van der Waals surface area contributed by atoms with Crippen LogP contribution in [0.5, 0.6) is 5.75 Å². The summed E-state index contributed by atoms with van der Waals surface area (Å²) in [7, 11) is 1.66. The number of hydrogen-bond donors (Lipinski definition) is 1. The first-order valence-electron chi connectivity index (χ1n) is 9.42. The maximum atomic E-state index is 9.77. The molecular weight excluding hydrogens is 360 g/mol. The van der Waals surface area contributed by atoms with E-state index < -0.39 is 0 Å². The van der Waals surface area contributed by atoms with Gasteiger partial charge in [0.05, 0.1) is 23.7 Å². The Labute approximate surface area is 169 Å². The third-order valence-corrected chi connectivity index (χ3v) is 5.09. The molecule has 2 heterocycles. The van der Waals surface area contributed by atoms with Crippen LogP contribution in [-0.4, -0.2) is 21.6 Å². The molecule has 0 amide bonds. The fraction of sp³-hybridized carbons (Fsp3) is 0.167. The Balaban J connectivity index is 1.79. The predicted octanol–water partition coefficient (Wildman–Crippen LogP) is 5.35. The number of hydrogen-bond acceptors (Lipinski definition) is 3.